The van der Waals surface area contributed by atoms with Crippen LogP contribution >= 0.6 is 27.3 Å². The molecule has 1 aliphatic rings. The van der Waals surface area contributed by atoms with Gasteiger partial charge in [-0.2, -0.15) is 0 Å². The first-order valence-corrected chi connectivity index (χ1v) is 7.92. The molecule has 0 saturated heterocycles. The summed E-state index contributed by atoms with van der Waals surface area (Å²) in [4.78, 5) is 13.0. The van der Waals surface area contributed by atoms with Crippen molar-refractivity contribution >= 4 is 33.2 Å². The molecule has 3 nitrogen and oxygen atoms in total. The third-order valence-electron chi connectivity index (χ3n) is 3.30. The minimum Gasteiger partial charge on any atom is -0.490 e. The maximum atomic E-state index is 11.8. The summed E-state index contributed by atoms with van der Waals surface area (Å²) >= 11 is 5.09. The number of thiophene rings is 1. The number of rotatable bonds is 1. The van der Waals surface area contributed by atoms with Crippen LogP contribution in [-0.2, 0) is 11.2 Å². The molecule has 1 aliphatic heterocycles. The number of hydrogen-bond acceptors (Lipinski definition) is 4. The van der Waals surface area contributed by atoms with Gasteiger partial charge < -0.3 is 9.47 Å². The highest BCUT2D eigenvalue weighted by Crippen LogP contribution is 2.42. The van der Waals surface area contributed by atoms with Gasteiger partial charge in [-0.05, 0) is 52.0 Å². The standard InChI is InChI=1S/C15H13BrO3S/c1-8-5-9-3-4-20-14(9)11-6-10(15(17)18-2)12(16)7-13(11)19-8/h3-4,6-8H,5H2,1-2H3/t8-/m0/s1. The zero-order valence-electron chi connectivity index (χ0n) is 11.1. The maximum Gasteiger partial charge on any atom is 0.339 e. The first kappa shape index (κ1) is 13.6. The number of carbonyl (C=O) groups is 1. The van der Waals surface area contributed by atoms with Gasteiger partial charge in [-0.1, -0.05) is 0 Å². The summed E-state index contributed by atoms with van der Waals surface area (Å²) in [5, 5.41) is 2.08. The highest BCUT2D eigenvalue weighted by molar-refractivity contribution is 9.10. The molecule has 0 radical (unpaired) electrons. The van der Waals surface area contributed by atoms with Gasteiger partial charge >= 0.3 is 5.97 Å². The Morgan fingerprint density at radius 1 is 1.50 bits per heavy atom. The lowest BCUT2D eigenvalue weighted by atomic mass is 10.0. The Balaban J connectivity index is 2.22. The van der Waals surface area contributed by atoms with Crippen LogP contribution in [0.5, 0.6) is 5.75 Å². The first-order valence-electron chi connectivity index (χ1n) is 6.25. The molecule has 0 aliphatic carbocycles. The molecule has 0 amide bonds. The van der Waals surface area contributed by atoms with Crippen LogP contribution in [0.3, 0.4) is 0 Å². The Morgan fingerprint density at radius 2 is 2.30 bits per heavy atom. The molecule has 0 fully saturated rings. The Kier molecular flexibility index (Phi) is 3.56. The SMILES string of the molecule is COC(=O)c1cc2c(cc1Br)O[C@@H](C)Cc1ccsc1-2. The fraction of sp³-hybridized carbons (Fsp3) is 0.267. The fourth-order valence-electron chi connectivity index (χ4n) is 2.40. The van der Waals surface area contributed by atoms with E-state index in [1.165, 1.54) is 17.6 Å². The van der Waals surface area contributed by atoms with E-state index in [-0.39, 0.29) is 12.1 Å². The third-order valence-corrected chi connectivity index (χ3v) is 4.95. The Labute approximate surface area is 129 Å². The Bertz CT molecular complexity index is 678. The van der Waals surface area contributed by atoms with Gasteiger partial charge in [0.15, 0.2) is 0 Å². The van der Waals surface area contributed by atoms with Crippen molar-refractivity contribution in [2.24, 2.45) is 0 Å². The number of benzene rings is 1. The van der Waals surface area contributed by atoms with Crippen LogP contribution in [0, 0.1) is 0 Å². The zero-order chi connectivity index (χ0) is 14.3. The molecule has 1 atom stereocenters. The Morgan fingerprint density at radius 3 is 3.05 bits per heavy atom. The Hall–Kier alpha value is -1.33. The van der Waals surface area contributed by atoms with E-state index in [2.05, 4.69) is 34.3 Å². The molecule has 20 heavy (non-hydrogen) atoms. The van der Waals surface area contributed by atoms with E-state index < -0.39 is 0 Å². The van der Waals surface area contributed by atoms with Crippen molar-refractivity contribution in [2.45, 2.75) is 19.4 Å². The quantitative estimate of drug-likeness (QED) is 0.718. The molecule has 0 bridgehead atoms. The minimum atomic E-state index is -0.352. The van der Waals surface area contributed by atoms with Gasteiger partial charge in [0.05, 0.1) is 12.7 Å². The summed E-state index contributed by atoms with van der Waals surface area (Å²) in [6.07, 6.45) is 0.985. The van der Waals surface area contributed by atoms with Crippen molar-refractivity contribution in [3.8, 4) is 16.2 Å². The lowest BCUT2D eigenvalue weighted by Gasteiger charge is -2.14. The van der Waals surface area contributed by atoms with Crippen molar-refractivity contribution in [2.75, 3.05) is 7.11 Å². The van der Waals surface area contributed by atoms with E-state index in [4.69, 9.17) is 9.47 Å². The third kappa shape index (κ3) is 2.25. The monoisotopic (exact) mass is 352 g/mol. The number of esters is 1. The first-order chi connectivity index (χ1) is 9.60. The summed E-state index contributed by atoms with van der Waals surface area (Å²) in [5.74, 6) is 0.452. The topological polar surface area (TPSA) is 35.5 Å². The molecule has 0 saturated carbocycles. The van der Waals surface area contributed by atoms with Gasteiger partial charge in [-0.25, -0.2) is 4.79 Å². The number of ether oxygens (including phenoxy) is 2. The largest absolute Gasteiger partial charge is 0.490 e. The van der Waals surface area contributed by atoms with Crippen LogP contribution in [0.2, 0.25) is 0 Å². The smallest absolute Gasteiger partial charge is 0.339 e. The van der Waals surface area contributed by atoms with Crippen LogP contribution in [0.25, 0.3) is 10.4 Å². The highest BCUT2D eigenvalue weighted by atomic mass is 79.9. The summed E-state index contributed by atoms with van der Waals surface area (Å²) in [5.41, 5.74) is 2.74. The van der Waals surface area contributed by atoms with E-state index in [0.717, 1.165) is 17.7 Å². The molecule has 0 N–H and O–H groups in total. The highest BCUT2D eigenvalue weighted by Gasteiger charge is 2.24. The van der Waals surface area contributed by atoms with Gasteiger partial charge in [-0.3, -0.25) is 0 Å². The van der Waals surface area contributed by atoms with Gasteiger partial charge in [-0.15, -0.1) is 11.3 Å². The molecule has 104 valence electrons. The van der Waals surface area contributed by atoms with Crippen LogP contribution in [0.1, 0.15) is 22.8 Å². The molecule has 1 aromatic heterocycles. The van der Waals surface area contributed by atoms with Crippen molar-refractivity contribution in [1.29, 1.82) is 0 Å². The number of methoxy groups -OCH3 is 1. The molecular weight excluding hydrogens is 340 g/mol. The van der Waals surface area contributed by atoms with E-state index in [9.17, 15) is 4.79 Å². The molecule has 1 aromatic carbocycles. The van der Waals surface area contributed by atoms with Gasteiger partial charge in [0.1, 0.15) is 11.9 Å². The predicted octanol–water partition coefficient (Wildman–Crippen LogP) is 4.29. The maximum absolute atomic E-state index is 11.8. The molecular formula is C15H13BrO3S. The minimum absolute atomic E-state index is 0.112. The van der Waals surface area contributed by atoms with Crippen molar-refractivity contribution in [3.63, 3.8) is 0 Å². The lowest BCUT2D eigenvalue weighted by Crippen LogP contribution is -2.13. The van der Waals surface area contributed by atoms with E-state index in [1.807, 2.05) is 12.1 Å². The van der Waals surface area contributed by atoms with Crippen LogP contribution in [-0.4, -0.2) is 19.2 Å². The van der Waals surface area contributed by atoms with Crippen molar-refractivity contribution in [1.82, 2.24) is 0 Å². The number of carbonyl (C=O) groups excluding carboxylic acids is 1. The van der Waals surface area contributed by atoms with Crippen molar-refractivity contribution in [3.05, 3.63) is 39.2 Å². The fourth-order valence-corrected chi connectivity index (χ4v) is 3.84. The average molecular weight is 353 g/mol. The normalized spacial score (nSPS) is 16.6. The summed E-state index contributed by atoms with van der Waals surface area (Å²) < 4.78 is 11.5. The van der Waals surface area contributed by atoms with E-state index >= 15 is 0 Å². The zero-order valence-corrected chi connectivity index (χ0v) is 13.5. The lowest BCUT2D eigenvalue weighted by molar-refractivity contribution is 0.0599. The molecule has 0 spiro atoms. The second-order valence-electron chi connectivity index (χ2n) is 4.73. The predicted molar refractivity (Wildman–Crippen MR) is 82.6 cm³/mol. The molecule has 0 unspecified atom stereocenters. The van der Waals surface area contributed by atoms with Gasteiger partial charge in [0.25, 0.3) is 0 Å². The average Bonchev–Trinajstić information content (AvgIpc) is 2.81. The molecule has 3 rings (SSSR count). The molecule has 2 heterocycles. The number of fused-ring (bicyclic) bond motifs is 3. The van der Waals surface area contributed by atoms with Crippen LogP contribution in [0.4, 0.5) is 0 Å². The molecule has 2 aromatic rings. The van der Waals surface area contributed by atoms with E-state index in [1.54, 1.807) is 11.3 Å². The summed E-state index contributed by atoms with van der Waals surface area (Å²) in [6, 6.07) is 5.82. The second kappa shape index (κ2) is 5.22. The second-order valence-corrected chi connectivity index (χ2v) is 6.50. The summed E-state index contributed by atoms with van der Waals surface area (Å²) in [6.45, 7) is 2.05. The van der Waals surface area contributed by atoms with Crippen LogP contribution in [0.15, 0.2) is 28.1 Å². The summed E-state index contributed by atoms with van der Waals surface area (Å²) in [7, 11) is 1.38. The van der Waals surface area contributed by atoms with Gasteiger partial charge in [0, 0.05) is 21.3 Å². The van der Waals surface area contributed by atoms with Crippen LogP contribution < -0.4 is 4.74 Å². The van der Waals surface area contributed by atoms with Crippen molar-refractivity contribution < 1.29 is 14.3 Å². The molecule has 5 heteroatoms. The van der Waals surface area contributed by atoms with E-state index in [0.29, 0.717) is 10.0 Å². The number of halogens is 1. The number of hydrogen-bond donors (Lipinski definition) is 0. The van der Waals surface area contributed by atoms with Gasteiger partial charge in [0.2, 0.25) is 0 Å².